The van der Waals surface area contributed by atoms with Gasteiger partial charge in [0.2, 0.25) is 5.91 Å². The Morgan fingerprint density at radius 1 is 1.12 bits per heavy atom. The van der Waals surface area contributed by atoms with E-state index in [9.17, 15) is 27.6 Å². The van der Waals surface area contributed by atoms with Gasteiger partial charge in [-0.3, -0.25) is 14.5 Å². The summed E-state index contributed by atoms with van der Waals surface area (Å²) in [4.78, 5) is 38.7. The van der Waals surface area contributed by atoms with Crippen LogP contribution < -0.4 is 15.4 Å². The van der Waals surface area contributed by atoms with Gasteiger partial charge in [-0.05, 0) is 30.7 Å². The number of nitrogens with one attached hydrogen (secondary N) is 2. The number of nitrogens with zero attached hydrogens (tertiary/aromatic N) is 1. The average Bonchev–Trinajstić information content (AvgIpc) is 2.98. The number of benzene rings is 2. The normalized spacial score (nSPS) is 18.3. The van der Waals surface area contributed by atoms with E-state index in [2.05, 4.69) is 10.6 Å². The minimum absolute atomic E-state index is 0.0141. The van der Waals surface area contributed by atoms with Crippen molar-refractivity contribution in [1.29, 1.82) is 0 Å². The molecule has 1 fully saturated rings. The number of imide groups is 1. The molecule has 0 saturated carbocycles. The molecule has 1 aliphatic rings. The van der Waals surface area contributed by atoms with E-state index in [0.717, 1.165) is 18.2 Å². The van der Waals surface area contributed by atoms with E-state index in [0.29, 0.717) is 10.5 Å². The molecule has 3 rings (SSSR count). The van der Waals surface area contributed by atoms with Crippen LogP contribution in [-0.2, 0) is 26.0 Å². The van der Waals surface area contributed by atoms with Crippen LogP contribution in [-0.4, -0.2) is 49.6 Å². The maximum absolute atomic E-state index is 13.1. The molecule has 0 aromatic heterocycles. The molecule has 176 valence electrons. The number of ether oxygens (including phenoxy) is 2. The average molecular weight is 465 g/mol. The SMILES string of the molecule is COCCOc1ccc(C(F)(F)F)cc1NC(=O)CN1C(=O)NC(C)(c2ccccc2)C1=O. The van der Waals surface area contributed by atoms with Crippen LogP contribution in [0.15, 0.2) is 48.5 Å². The van der Waals surface area contributed by atoms with Crippen molar-refractivity contribution in [2.24, 2.45) is 0 Å². The van der Waals surface area contributed by atoms with Crippen LogP contribution in [0.3, 0.4) is 0 Å². The monoisotopic (exact) mass is 465 g/mol. The number of carbonyl (C=O) groups excluding carboxylic acids is 3. The summed E-state index contributed by atoms with van der Waals surface area (Å²) in [5, 5.41) is 4.87. The maximum Gasteiger partial charge on any atom is 0.416 e. The van der Waals surface area contributed by atoms with Gasteiger partial charge in [0, 0.05) is 7.11 Å². The predicted molar refractivity (Wildman–Crippen MR) is 111 cm³/mol. The van der Waals surface area contributed by atoms with E-state index in [4.69, 9.17) is 9.47 Å². The van der Waals surface area contributed by atoms with Crippen molar-refractivity contribution in [1.82, 2.24) is 10.2 Å². The van der Waals surface area contributed by atoms with E-state index in [1.54, 1.807) is 30.3 Å². The maximum atomic E-state index is 13.1. The van der Waals surface area contributed by atoms with Crippen LogP contribution in [0, 0.1) is 0 Å². The van der Waals surface area contributed by atoms with Crippen LogP contribution in [0.25, 0.3) is 0 Å². The van der Waals surface area contributed by atoms with Gasteiger partial charge in [-0.1, -0.05) is 30.3 Å². The molecule has 1 atom stereocenters. The van der Waals surface area contributed by atoms with Gasteiger partial charge in [-0.15, -0.1) is 0 Å². The summed E-state index contributed by atoms with van der Waals surface area (Å²) in [6, 6.07) is 10.3. The summed E-state index contributed by atoms with van der Waals surface area (Å²) >= 11 is 0. The zero-order chi connectivity index (χ0) is 24.2. The smallest absolute Gasteiger partial charge is 0.416 e. The number of alkyl halides is 3. The van der Waals surface area contributed by atoms with Gasteiger partial charge < -0.3 is 20.1 Å². The third-order valence-corrected chi connectivity index (χ3v) is 5.05. The Kier molecular flexibility index (Phi) is 6.92. The minimum atomic E-state index is -4.65. The number of anilines is 1. The summed E-state index contributed by atoms with van der Waals surface area (Å²) in [6.07, 6.45) is -4.65. The molecule has 2 N–H and O–H groups in total. The number of methoxy groups -OCH3 is 1. The van der Waals surface area contributed by atoms with Crippen LogP contribution in [0.4, 0.5) is 23.7 Å². The Morgan fingerprint density at radius 2 is 1.82 bits per heavy atom. The second-order valence-corrected chi connectivity index (χ2v) is 7.41. The third-order valence-electron chi connectivity index (χ3n) is 5.05. The largest absolute Gasteiger partial charge is 0.489 e. The van der Waals surface area contributed by atoms with Crippen molar-refractivity contribution in [2.45, 2.75) is 18.6 Å². The van der Waals surface area contributed by atoms with Crippen molar-refractivity contribution >= 4 is 23.5 Å². The van der Waals surface area contributed by atoms with Crippen LogP contribution in [0.2, 0.25) is 0 Å². The first kappa shape index (κ1) is 24.1. The quantitative estimate of drug-likeness (QED) is 0.461. The summed E-state index contributed by atoms with van der Waals surface area (Å²) in [5.74, 6) is -1.54. The standard InChI is InChI=1S/C22H22F3N3O5/c1-21(14-6-4-3-5-7-14)19(30)28(20(31)27-21)13-18(29)26-16-12-15(22(23,24)25)8-9-17(16)33-11-10-32-2/h3-9,12H,10-11,13H2,1-2H3,(H,26,29)(H,27,31). The molecule has 1 aliphatic heterocycles. The highest BCUT2D eigenvalue weighted by molar-refractivity contribution is 6.10. The molecule has 2 aromatic rings. The molecule has 1 saturated heterocycles. The van der Waals surface area contributed by atoms with Gasteiger partial charge in [0.05, 0.1) is 17.9 Å². The van der Waals surface area contributed by atoms with Crippen LogP contribution in [0.1, 0.15) is 18.1 Å². The second kappa shape index (κ2) is 9.49. The summed E-state index contributed by atoms with van der Waals surface area (Å²) in [7, 11) is 1.43. The summed E-state index contributed by atoms with van der Waals surface area (Å²) in [6.45, 7) is 1.03. The summed E-state index contributed by atoms with van der Waals surface area (Å²) < 4.78 is 49.7. The molecule has 33 heavy (non-hydrogen) atoms. The number of hydrogen-bond donors (Lipinski definition) is 2. The highest BCUT2D eigenvalue weighted by atomic mass is 19.4. The number of carbonyl (C=O) groups is 3. The van der Waals surface area contributed by atoms with Gasteiger partial charge in [0.15, 0.2) is 0 Å². The lowest BCUT2D eigenvalue weighted by atomic mass is 9.92. The topological polar surface area (TPSA) is 97.0 Å². The molecule has 0 aliphatic carbocycles. The lowest BCUT2D eigenvalue weighted by Crippen LogP contribution is -2.42. The molecule has 2 aromatic carbocycles. The zero-order valence-corrected chi connectivity index (χ0v) is 17.9. The van der Waals surface area contributed by atoms with Gasteiger partial charge in [-0.2, -0.15) is 13.2 Å². The molecule has 0 spiro atoms. The number of rotatable bonds is 8. The summed E-state index contributed by atoms with van der Waals surface area (Å²) in [5.41, 5.74) is -2.09. The molecule has 0 bridgehead atoms. The first-order valence-corrected chi connectivity index (χ1v) is 9.88. The van der Waals surface area contributed by atoms with Gasteiger partial charge >= 0.3 is 12.2 Å². The Balaban J connectivity index is 1.78. The highest BCUT2D eigenvalue weighted by Crippen LogP contribution is 2.35. The van der Waals surface area contributed by atoms with Crippen molar-refractivity contribution in [2.75, 3.05) is 32.2 Å². The predicted octanol–water partition coefficient (Wildman–Crippen LogP) is 3.14. The van der Waals surface area contributed by atoms with E-state index < -0.39 is 41.7 Å². The van der Waals surface area contributed by atoms with Crippen LogP contribution >= 0.6 is 0 Å². The lowest BCUT2D eigenvalue weighted by molar-refractivity contribution is -0.137. The fraction of sp³-hybridized carbons (Fsp3) is 0.318. The van der Waals surface area contributed by atoms with Crippen molar-refractivity contribution in [3.63, 3.8) is 0 Å². The van der Waals surface area contributed by atoms with E-state index in [1.807, 2.05) is 0 Å². The second-order valence-electron chi connectivity index (χ2n) is 7.41. The molecule has 4 amide bonds. The fourth-order valence-corrected chi connectivity index (χ4v) is 3.31. The lowest BCUT2D eigenvalue weighted by Gasteiger charge is -2.22. The van der Waals surface area contributed by atoms with Crippen molar-refractivity contribution < 1.29 is 37.0 Å². The molecule has 11 heteroatoms. The van der Waals surface area contributed by atoms with Gasteiger partial charge in [0.1, 0.15) is 24.4 Å². The Hall–Kier alpha value is -3.60. The first-order chi connectivity index (χ1) is 15.6. The van der Waals surface area contributed by atoms with Gasteiger partial charge in [0.25, 0.3) is 5.91 Å². The Bertz CT molecular complexity index is 1050. The molecule has 8 nitrogen and oxygen atoms in total. The third kappa shape index (κ3) is 5.25. The highest BCUT2D eigenvalue weighted by Gasteiger charge is 2.49. The first-order valence-electron chi connectivity index (χ1n) is 9.88. The van der Waals surface area contributed by atoms with E-state index in [-0.39, 0.29) is 24.7 Å². The van der Waals surface area contributed by atoms with E-state index in [1.165, 1.54) is 14.0 Å². The fourth-order valence-electron chi connectivity index (χ4n) is 3.31. The molecule has 0 radical (unpaired) electrons. The Morgan fingerprint density at radius 3 is 2.45 bits per heavy atom. The van der Waals surface area contributed by atoms with Gasteiger partial charge in [-0.25, -0.2) is 4.79 Å². The molecular weight excluding hydrogens is 443 g/mol. The Labute approximate surface area is 187 Å². The van der Waals surface area contributed by atoms with Crippen LogP contribution in [0.5, 0.6) is 5.75 Å². The zero-order valence-electron chi connectivity index (χ0n) is 17.9. The van der Waals surface area contributed by atoms with E-state index >= 15 is 0 Å². The number of urea groups is 1. The minimum Gasteiger partial charge on any atom is -0.489 e. The molecule has 1 unspecified atom stereocenters. The van der Waals surface area contributed by atoms with Crippen molar-refractivity contribution in [3.05, 3.63) is 59.7 Å². The number of hydrogen-bond acceptors (Lipinski definition) is 5. The molecular formula is C22H22F3N3O5. The number of amides is 4. The molecule has 1 heterocycles. The number of halogens is 3. The van der Waals surface area contributed by atoms with Crippen molar-refractivity contribution in [3.8, 4) is 5.75 Å².